The fourth-order valence-electron chi connectivity index (χ4n) is 1.24. The molecule has 1 aromatic heterocycles. The molecule has 0 saturated carbocycles. The zero-order chi connectivity index (χ0) is 9.26. The van der Waals surface area contributed by atoms with Crippen molar-refractivity contribution in [2.45, 2.75) is 0 Å². The summed E-state index contributed by atoms with van der Waals surface area (Å²) in [5.74, 6) is 0. The largest absolute Gasteiger partial charge is 0.451 e. The highest BCUT2D eigenvalue weighted by molar-refractivity contribution is 5.85. The molecule has 0 N–H and O–H groups in total. The SMILES string of the molecule is COC(=O)N1CN=Cc2cccn21. The van der Waals surface area contributed by atoms with E-state index in [1.165, 1.54) is 12.1 Å². The molecule has 2 heterocycles. The van der Waals surface area contributed by atoms with E-state index in [1.807, 2.05) is 12.1 Å². The van der Waals surface area contributed by atoms with Gasteiger partial charge in [-0.2, -0.15) is 5.01 Å². The number of aromatic nitrogens is 1. The number of fused-ring (bicyclic) bond motifs is 1. The molecule has 0 bridgehead atoms. The van der Waals surface area contributed by atoms with Crippen molar-refractivity contribution in [2.75, 3.05) is 18.8 Å². The first kappa shape index (κ1) is 7.85. The number of carbonyl (C=O) groups excluding carboxylic acids is 1. The minimum Gasteiger partial charge on any atom is -0.451 e. The predicted molar refractivity (Wildman–Crippen MR) is 47.5 cm³/mol. The Kier molecular flexibility index (Phi) is 1.77. The van der Waals surface area contributed by atoms with Gasteiger partial charge in [0, 0.05) is 12.4 Å². The number of methoxy groups -OCH3 is 1. The van der Waals surface area contributed by atoms with E-state index in [4.69, 9.17) is 0 Å². The van der Waals surface area contributed by atoms with E-state index >= 15 is 0 Å². The van der Waals surface area contributed by atoms with Gasteiger partial charge >= 0.3 is 6.09 Å². The molecule has 5 heteroatoms. The van der Waals surface area contributed by atoms with Crippen molar-refractivity contribution in [3.05, 3.63) is 24.0 Å². The number of amides is 1. The minimum absolute atomic E-state index is 0.300. The van der Waals surface area contributed by atoms with Crippen LogP contribution < -0.4 is 5.01 Å². The average Bonchev–Trinajstić information content (AvgIpc) is 2.63. The van der Waals surface area contributed by atoms with Crippen LogP contribution in [0.4, 0.5) is 4.79 Å². The van der Waals surface area contributed by atoms with E-state index in [2.05, 4.69) is 9.73 Å². The molecule has 0 unspecified atom stereocenters. The first-order chi connectivity index (χ1) is 6.33. The van der Waals surface area contributed by atoms with Crippen LogP contribution in [0, 0.1) is 0 Å². The summed E-state index contributed by atoms with van der Waals surface area (Å²) in [6.07, 6.45) is 3.10. The standard InChI is InChI=1S/C8H9N3O2/c1-13-8(12)11-6-9-5-7-3-2-4-10(7)11/h2-5H,6H2,1H3. The number of aliphatic imine (C=N–C) groups is 1. The van der Waals surface area contributed by atoms with Gasteiger partial charge in [-0.05, 0) is 12.1 Å². The summed E-state index contributed by atoms with van der Waals surface area (Å²) in [7, 11) is 1.35. The summed E-state index contributed by atoms with van der Waals surface area (Å²) in [6, 6.07) is 3.72. The number of rotatable bonds is 0. The van der Waals surface area contributed by atoms with E-state index in [0.29, 0.717) is 6.67 Å². The maximum absolute atomic E-state index is 11.2. The third-order valence-electron chi connectivity index (χ3n) is 1.84. The van der Waals surface area contributed by atoms with Gasteiger partial charge in [0.1, 0.15) is 6.67 Å². The van der Waals surface area contributed by atoms with Crippen LogP contribution in [0.25, 0.3) is 0 Å². The van der Waals surface area contributed by atoms with Crippen LogP contribution >= 0.6 is 0 Å². The molecule has 0 fully saturated rings. The molecule has 5 nitrogen and oxygen atoms in total. The van der Waals surface area contributed by atoms with Crippen LogP contribution in [-0.4, -0.2) is 30.8 Å². The van der Waals surface area contributed by atoms with E-state index in [9.17, 15) is 4.79 Å². The lowest BCUT2D eigenvalue weighted by molar-refractivity contribution is 0.171. The smallest absolute Gasteiger partial charge is 0.430 e. The van der Waals surface area contributed by atoms with Crippen molar-refractivity contribution in [1.29, 1.82) is 0 Å². The number of nitrogens with zero attached hydrogens (tertiary/aromatic N) is 3. The van der Waals surface area contributed by atoms with Crippen molar-refractivity contribution in [2.24, 2.45) is 4.99 Å². The Labute approximate surface area is 75.2 Å². The Morgan fingerprint density at radius 1 is 1.69 bits per heavy atom. The second-order valence-corrected chi connectivity index (χ2v) is 2.60. The van der Waals surface area contributed by atoms with Crippen LogP contribution in [0.5, 0.6) is 0 Å². The van der Waals surface area contributed by atoms with E-state index in [-0.39, 0.29) is 0 Å². The van der Waals surface area contributed by atoms with Gasteiger partial charge in [0.15, 0.2) is 0 Å². The fourth-order valence-corrected chi connectivity index (χ4v) is 1.24. The summed E-state index contributed by atoms with van der Waals surface area (Å²) < 4.78 is 6.32. The first-order valence-corrected chi connectivity index (χ1v) is 3.86. The molecule has 1 amide bonds. The Bertz CT molecular complexity index is 356. The molecule has 0 aliphatic carbocycles. The molecule has 1 aromatic rings. The van der Waals surface area contributed by atoms with Gasteiger partial charge in [-0.3, -0.25) is 9.67 Å². The molecule has 0 radical (unpaired) electrons. The van der Waals surface area contributed by atoms with E-state index in [1.54, 1.807) is 17.1 Å². The van der Waals surface area contributed by atoms with Gasteiger partial charge in [-0.15, -0.1) is 0 Å². The van der Waals surface area contributed by atoms with Gasteiger partial charge in [-0.25, -0.2) is 4.79 Å². The second-order valence-electron chi connectivity index (χ2n) is 2.60. The highest BCUT2D eigenvalue weighted by Gasteiger charge is 2.18. The van der Waals surface area contributed by atoms with Crippen molar-refractivity contribution >= 4 is 12.3 Å². The van der Waals surface area contributed by atoms with E-state index < -0.39 is 6.09 Å². The van der Waals surface area contributed by atoms with E-state index in [0.717, 1.165) is 5.69 Å². The van der Waals surface area contributed by atoms with Crippen molar-refractivity contribution in [1.82, 2.24) is 4.68 Å². The molecular formula is C8H9N3O2. The maximum Gasteiger partial charge on any atom is 0.430 e. The lowest BCUT2D eigenvalue weighted by Gasteiger charge is -2.24. The predicted octanol–water partition coefficient (Wildman–Crippen LogP) is 0.583. The van der Waals surface area contributed by atoms with Crippen molar-refractivity contribution in [3.63, 3.8) is 0 Å². The topological polar surface area (TPSA) is 46.8 Å². The Morgan fingerprint density at radius 2 is 2.54 bits per heavy atom. The lowest BCUT2D eigenvalue weighted by atomic mass is 10.4. The molecule has 0 atom stereocenters. The molecule has 13 heavy (non-hydrogen) atoms. The van der Waals surface area contributed by atoms with Crippen LogP contribution in [0.15, 0.2) is 23.3 Å². The number of ether oxygens (including phenoxy) is 1. The zero-order valence-corrected chi connectivity index (χ0v) is 7.17. The van der Waals surface area contributed by atoms with Gasteiger partial charge in [-0.1, -0.05) is 0 Å². The van der Waals surface area contributed by atoms with Crippen LogP contribution in [0.2, 0.25) is 0 Å². The summed E-state index contributed by atoms with van der Waals surface area (Å²) in [5, 5.41) is 1.41. The second kappa shape index (κ2) is 2.93. The fraction of sp³-hybridized carbons (Fsp3) is 0.250. The van der Waals surface area contributed by atoms with Gasteiger partial charge in [0.05, 0.1) is 12.8 Å². The minimum atomic E-state index is -0.408. The molecular weight excluding hydrogens is 170 g/mol. The molecule has 0 aromatic carbocycles. The zero-order valence-electron chi connectivity index (χ0n) is 7.17. The van der Waals surface area contributed by atoms with Gasteiger partial charge in [0.2, 0.25) is 0 Å². The quantitative estimate of drug-likeness (QED) is 0.585. The highest BCUT2D eigenvalue weighted by Crippen LogP contribution is 2.06. The Hall–Kier alpha value is -1.78. The van der Waals surface area contributed by atoms with Gasteiger partial charge < -0.3 is 4.74 Å². The maximum atomic E-state index is 11.2. The number of hydrogen-bond acceptors (Lipinski definition) is 3. The molecule has 0 saturated heterocycles. The lowest BCUT2D eigenvalue weighted by Crippen LogP contribution is -2.42. The number of hydrogen-bond donors (Lipinski definition) is 0. The summed E-state index contributed by atoms with van der Waals surface area (Å²) in [5.41, 5.74) is 0.872. The third kappa shape index (κ3) is 1.18. The molecule has 2 rings (SSSR count). The summed E-state index contributed by atoms with van der Waals surface area (Å²) in [4.78, 5) is 15.3. The number of carbonyl (C=O) groups is 1. The Morgan fingerprint density at radius 3 is 3.31 bits per heavy atom. The van der Waals surface area contributed by atoms with Crippen molar-refractivity contribution < 1.29 is 9.53 Å². The van der Waals surface area contributed by atoms with Crippen LogP contribution in [0.3, 0.4) is 0 Å². The normalized spacial score (nSPS) is 14.1. The van der Waals surface area contributed by atoms with Crippen LogP contribution in [0.1, 0.15) is 5.69 Å². The monoisotopic (exact) mass is 179 g/mol. The molecule has 0 spiro atoms. The average molecular weight is 179 g/mol. The van der Waals surface area contributed by atoms with Crippen molar-refractivity contribution in [3.8, 4) is 0 Å². The first-order valence-electron chi connectivity index (χ1n) is 3.86. The van der Waals surface area contributed by atoms with Gasteiger partial charge in [0.25, 0.3) is 0 Å². The molecule has 68 valence electrons. The summed E-state index contributed by atoms with van der Waals surface area (Å²) in [6.45, 7) is 0.300. The molecule has 1 aliphatic rings. The third-order valence-corrected chi connectivity index (χ3v) is 1.84. The molecule has 1 aliphatic heterocycles. The Balaban J connectivity index is 2.35. The summed E-state index contributed by atoms with van der Waals surface area (Å²) >= 11 is 0. The highest BCUT2D eigenvalue weighted by atomic mass is 16.5. The van der Waals surface area contributed by atoms with Crippen LogP contribution in [-0.2, 0) is 4.74 Å².